The molecule has 0 rings (SSSR count). The van der Waals surface area contributed by atoms with E-state index in [4.69, 9.17) is 9.05 Å². The summed E-state index contributed by atoms with van der Waals surface area (Å²) in [6.45, 7) is 4.56. The molecule has 1 amide bonds. The third-order valence-corrected chi connectivity index (χ3v) is 12.0. The molecule has 0 heterocycles. The zero-order valence-electron chi connectivity index (χ0n) is 39.9. The van der Waals surface area contributed by atoms with E-state index in [1.54, 1.807) is 0 Å². The quantitative estimate of drug-likeness (QED) is 0.0273. The highest BCUT2D eigenvalue weighted by molar-refractivity contribution is 7.45. The second kappa shape index (κ2) is 42.7. The van der Waals surface area contributed by atoms with Crippen molar-refractivity contribution in [2.24, 2.45) is 0 Å². The maximum atomic E-state index is 12.8. The van der Waals surface area contributed by atoms with Crippen LogP contribution in [0.25, 0.3) is 0 Å². The number of aliphatic hydroxyl groups excluding tert-OH is 1. The van der Waals surface area contributed by atoms with E-state index in [0.29, 0.717) is 23.9 Å². The number of unbranched alkanes of at least 4 members (excludes halogenated alkanes) is 24. The Morgan fingerprint density at radius 2 is 1.02 bits per heavy atom. The molecule has 0 bridgehead atoms. The molecule has 0 aliphatic heterocycles. The summed E-state index contributed by atoms with van der Waals surface area (Å²) >= 11 is 0. The molecule has 8 nitrogen and oxygen atoms in total. The molecule has 0 aliphatic rings. The van der Waals surface area contributed by atoms with Crippen molar-refractivity contribution in [2.45, 2.75) is 231 Å². The van der Waals surface area contributed by atoms with E-state index in [-0.39, 0.29) is 19.1 Å². The minimum absolute atomic E-state index is 0.0119. The predicted octanol–water partition coefficient (Wildman–Crippen LogP) is 13.8. The zero-order chi connectivity index (χ0) is 44.3. The summed E-state index contributed by atoms with van der Waals surface area (Å²) in [6, 6.07) is -0.796. The first kappa shape index (κ1) is 58.5. The molecule has 0 aromatic carbocycles. The van der Waals surface area contributed by atoms with Gasteiger partial charge in [0, 0.05) is 6.42 Å². The Hall–Kier alpha value is -1.54. The fourth-order valence-corrected chi connectivity index (χ4v) is 7.87. The van der Waals surface area contributed by atoms with Crippen LogP contribution in [-0.2, 0) is 18.4 Å². The van der Waals surface area contributed by atoms with Crippen molar-refractivity contribution in [3.63, 3.8) is 0 Å². The van der Waals surface area contributed by atoms with Gasteiger partial charge in [-0.15, -0.1) is 0 Å². The van der Waals surface area contributed by atoms with Gasteiger partial charge in [-0.3, -0.25) is 9.36 Å². The lowest BCUT2D eigenvalue weighted by Gasteiger charge is -2.30. The molecule has 0 spiro atoms. The molecule has 3 atom stereocenters. The van der Waals surface area contributed by atoms with Crippen LogP contribution in [0, 0.1) is 0 Å². The molecular formula is C51H97N2O6P. The molecule has 0 saturated carbocycles. The summed E-state index contributed by atoms with van der Waals surface area (Å²) in [5, 5.41) is 13.8. The first-order chi connectivity index (χ1) is 29.0. The molecule has 0 aliphatic carbocycles. The van der Waals surface area contributed by atoms with Crippen molar-refractivity contribution in [1.82, 2.24) is 5.32 Å². The van der Waals surface area contributed by atoms with Crippen LogP contribution in [0.1, 0.15) is 219 Å². The van der Waals surface area contributed by atoms with Gasteiger partial charge in [-0.05, 0) is 51.4 Å². The summed E-state index contributed by atoms with van der Waals surface area (Å²) in [4.78, 5) is 25.3. The Bertz CT molecular complexity index is 1120. The second-order valence-electron chi connectivity index (χ2n) is 18.1. The number of aliphatic hydroxyl groups is 1. The largest absolute Gasteiger partial charge is 0.756 e. The van der Waals surface area contributed by atoms with Crippen molar-refractivity contribution >= 4 is 13.7 Å². The second-order valence-corrected chi connectivity index (χ2v) is 19.6. The fourth-order valence-electron chi connectivity index (χ4n) is 7.15. The van der Waals surface area contributed by atoms with Gasteiger partial charge in [-0.2, -0.15) is 0 Å². The Morgan fingerprint density at radius 1 is 0.600 bits per heavy atom. The Kier molecular flexibility index (Phi) is 41.6. The Labute approximate surface area is 371 Å². The highest BCUT2D eigenvalue weighted by Crippen LogP contribution is 2.38. The van der Waals surface area contributed by atoms with E-state index in [0.717, 1.165) is 64.2 Å². The number of carbonyl (C=O) groups is 1. The number of phosphoric acid groups is 1. The minimum atomic E-state index is -4.55. The average molecular weight is 865 g/mol. The van der Waals surface area contributed by atoms with Gasteiger partial charge in [0.2, 0.25) is 5.91 Å². The van der Waals surface area contributed by atoms with Crippen molar-refractivity contribution in [2.75, 3.05) is 40.9 Å². The summed E-state index contributed by atoms with van der Waals surface area (Å²) in [7, 11) is 1.30. The number of quaternary nitrogens is 1. The molecular weight excluding hydrogens is 768 g/mol. The van der Waals surface area contributed by atoms with Crippen LogP contribution >= 0.6 is 7.82 Å². The van der Waals surface area contributed by atoms with Gasteiger partial charge in [-0.1, -0.05) is 210 Å². The van der Waals surface area contributed by atoms with Gasteiger partial charge in [0.05, 0.1) is 39.9 Å². The van der Waals surface area contributed by atoms with Gasteiger partial charge < -0.3 is 28.8 Å². The van der Waals surface area contributed by atoms with Crippen LogP contribution in [0.2, 0.25) is 0 Å². The lowest BCUT2D eigenvalue weighted by atomic mass is 10.0. The molecule has 60 heavy (non-hydrogen) atoms. The smallest absolute Gasteiger partial charge is 0.268 e. The number of phosphoric ester groups is 1. The number of rotatable bonds is 45. The van der Waals surface area contributed by atoms with Crippen molar-refractivity contribution in [3.8, 4) is 0 Å². The molecule has 0 fully saturated rings. The van der Waals surface area contributed by atoms with Crippen molar-refractivity contribution in [3.05, 3.63) is 48.6 Å². The third-order valence-electron chi connectivity index (χ3n) is 11.1. The number of hydrogen-bond acceptors (Lipinski definition) is 6. The SMILES string of the molecule is CC/C=C\C/C=C\C/C=C\C/C=C\CCCCCCCCCCCCCCCCCCCCC(=O)NC(COP(=O)([O-])OCC[N+](C)(C)C)C(O)CCCCCCCCC. The van der Waals surface area contributed by atoms with Crippen LogP contribution in [0.15, 0.2) is 48.6 Å². The minimum Gasteiger partial charge on any atom is -0.756 e. The molecule has 9 heteroatoms. The third kappa shape index (κ3) is 44.5. The van der Waals surface area contributed by atoms with E-state index in [9.17, 15) is 19.4 Å². The molecule has 352 valence electrons. The number of nitrogens with zero attached hydrogens (tertiary/aromatic N) is 1. The van der Waals surface area contributed by atoms with Gasteiger partial charge >= 0.3 is 0 Å². The number of carbonyl (C=O) groups excluding carboxylic acids is 1. The molecule has 0 saturated heterocycles. The van der Waals surface area contributed by atoms with Gasteiger partial charge in [0.15, 0.2) is 0 Å². The van der Waals surface area contributed by atoms with Gasteiger partial charge in [0.1, 0.15) is 13.2 Å². The molecule has 0 aromatic heterocycles. The van der Waals surface area contributed by atoms with E-state index in [1.807, 2.05) is 21.1 Å². The van der Waals surface area contributed by atoms with Crippen LogP contribution in [-0.4, -0.2) is 68.5 Å². The summed E-state index contributed by atoms with van der Waals surface area (Å²) in [5.41, 5.74) is 0. The van der Waals surface area contributed by atoms with Gasteiger partial charge in [0.25, 0.3) is 7.82 Å². The molecule has 2 N–H and O–H groups in total. The number of hydrogen-bond donors (Lipinski definition) is 2. The van der Waals surface area contributed by atoms with Crippen LogP contribution in [0.3, 0.4) is 0 Å². The van der Waals surface area contributed by atoms with E-state index in [2.05, 4.69) is 67.8 Å². The van der Waals surface area contributed by atoms with Gasteiger partial charge in [-0.25, -0.2) is 0 Å². The number of nitrogens with one attached hydrogen (secondary N) is 1. The lowest BCUT2D eigenvalue weighted by molar-refractivity contribution is -0.870. The average Bonchev–Trinajstić information content (AvgIpc) is 3.20. The van der Waals surface area contributed by atoms with Crippen LogP contribution in [0.5, 0.6) is 0 Å². The van der Waals surface area contributed by atoms with E-state index >= 15 is 0 Å². The highest BCUT2D eigenvalue weighted by atomic mass is 31.2. The fraction of sp³-hybridized carbons (Fsp3) is 0.824. The summed E-state index contributed by atoms with van der Waals surface area (Å²) in [5.74, 6) is -0.168. The molecule has 3 unspecified atom stereocenters. The monoisotopic (exact) mass is 865 g/mol. The predicted molar refractivity (Wildman–Crippen MR) is 256 cm³/mol. The first-order valence-electron chi connectivity index (χ1n) is 25.0. The van der Waals surface area contributed by atoms with Crippen molar-refractivity contribution < 1.29 is 32.9 Å². The zero-order valence-corrected chi connectivity index (χ0v) is 40.8. The standard InChI is InChI=1S/C51H97N2O6P/c1-6-8-10-12-14-15-16-17-18-19-20-21-22-23-24-25-26-27-28-29-30-31-32-33-34-35-36-37-39-41-43-45-51(55)52-49(50(54)44-42-40-38-13-11-9-7-2)48-59-60(56,57)58-47-46-53(3,4)5/h8,10,14-15,17-18,20-21,49-50,54H,6-7,9,11-13,16,19,22-48H2,1-5H3,(H-,52,55,56,57)/b10-8-,15-14-,18-17-,21-20-. The van der Waals surface area contributed by atoms with E-state index < -0.39 is 20.0 Å². The van der Waals surface area contributed by atoms with E-state index in [1.165, 1.54) is 128 Å². The Morgan fingerprint density at radius 3 is 1.48 bits per heavy atom. The number of amides is 1. The van der Waals surface area contributed by atoms with Crippen LogP contribution < -0.4 is 10.2 Å². The number of allylic oxidation sites excluding steroid dienone is 8. The Balaban J connectivity index is 3.91. The normalized spacial score (nSPS) is 14.6. The number of likely N-dealkylation sites (N-methyl/N-ethyl adjacent to an activating group) is 1. The summed E-state index contributed by atoms with van der Waals surface area (Å²) in [6.07, 6.45) is 54.5. The highest BCUT2D eigenvalue weighted by Gasteiger charge is 2.24. The molecule has 0 aromatic rings. The maximum absolute atomic E-state index is 12.8. The summed E-state index contributed by atoms with van der Waals surface area (Å²) < 4.78 is 23.2. The molecule has 0 radical (unpaired) electrons. The first-order valence-corrected chi connectivity index (χ1v) is 26.4. The topological polar surface area (TPSA) is 108 Å². The van der Waals surface area contributed by atoms with Crippen LogP contribution in [0.4, 0.5) is 0 Å². The maximum Gasteiger partial charge on any atom is 0.268 e. The van der Waals surface area contributed by atoms with Crippen molar-refractivity contribution in [1.29, 1.82) is 0 Å². The lowest BCUT2D eigenvalue weighted by Crippen LogP contribution is -2.46.